The molecular weight excluding hydrogens is 408 g/mol. The maximum atomic E-state index is 12.9. The molecule has 3 aromatic rings. The summed E-state index contributed by atoms with van der Waals surface area (Å²) in [4.78, 5) is 23.8. The van der Waals surface area contributed by atoms with E-state index >= 15 is 0 Å². The van der Waals surface area contributed by atoms with Gasteiger partial charge in [0.2, 0.25) is 0 Å². The lowest BCUT2D eigenvalue weighted by Gasteiger charge is -2.28. The third-order valence-electron chi connectivity index (χ3n) is 5.69. The fourth-order valence-corrected chi connectivity index (χ4v) is 3.92. The summed E-state index contributed by atoms with van der Waals surface area (Å²) in [5, 5.41) is 10.9. The smallest absolute Gasteiger partial charge is 0.276 e. The van der Waals surface area contributed by atoms with Crippen LogP contribution in [-0.2, 0) is 9.47 Å². The molecule has 2 aliphatic rings. The number of methoxy groups -OCH3 is 1. The van der Waals surface area contributed by atoms with Crippen LogP contribution >= 0.6 is 0 Å². The molecule has 0 spiro atoms. The van der Waals surface area contributed by atoms with Gasteiger partial charge in [-0.2, -0.15) is 5.10 Å². The zero-order chi connectivity index (χ0) is 21.9. The number of morpholine rings is 1. The van der Waals surface area contributed by atoms with Gasteiger partial charge in [0.05, 0.1) is 37.7 Å². The molecule has 2 aliphatic heterocycles. The topological polar surface area (TPSA) is 105 Å². The number of nitrogens with one attached hydrogen (secondary N) is 2. The van der Waals surface area contributed by atoms with Crippen LogP contribution < -0.4 is 10.2 Å². The van der Waals surface area contributed by atoms with Crippen molar-refractivity contribution in [2.45, 2.75) is 12.8 Å². The number of ether oxygens (including phenoxy) is 2. The molecule has 2 N–H and O–H groups in total. The zero-order valence-electron chi connectivity index (χ0n) is 17.8. The van der Waals surface area contributed by atoms with E-state index in [0.29, 0.717) is 24.4 Å². The van der Waals surface area contributed by atoms with Gasteiger partial charge in [0, 0.05) is 48.6 Å². The molecule has 1 aromatic carbocycles. The maximum absolute atomic E-state index is 12.9. The first kappa shape index (κ1) is 20.2. The molecule has 32 heavy (non-hydrogen) atoms. The summed E-state index contributed by atoms with van der Waals surface area (Å²) < 4.78 is 10.6. The van der Waals surface area contributed by atoms with Gasteiger partial charge in [0.15, 0.2) is 11.6 Å². The Morgan fingerprint density at radius 1 is 1.16 bits per heavy atom. The highest BCUT2D eigenvalue weighted by Gasteiger charge is 2.18. The largest absolute Gasteiger partial charge is 0.484 e. The SMILES string of the molecule is COC1=NC=C(NC(=O)c2n[nH]c3ccc(-c4cncc(N5CCOCC5)c4)cc23)CC1. The molecular formula is C23H24N6O3. The van der Waals surface area contributed by atoms with Crippen LogP contribution in [0.3, 0.4) is 0 Å². The summed E-state index contributed by atoms with van der Waals surface area (Å²) in [6.07, 6.45) is 6.65. The van der Waals surface area contributed by atoms with Gasteiger partial charge in [0.1, 0.15) is 0 Å². The highest BCUT2D eigenvalue weighted by Crippen LogP contribution is 2.28. The second kappa shape index (κ2) is 8.80. The molecule has 2 aromatic heterocycles. The molecule has 0 aliphatic carbocycles. The normalized spacial score (nSPS) is 16.5. The molecule has 164 valence electrons. The Labute approximate surface area is 185 Å². The number of pyridine rings is 1. The molecule has 5 rings (SSSR count). The lowest BCUT2D eigenvalue weighted by molar-refractivity contribution is 0.0961. The molecule has 0 bridgehead atoms. The number of aliphatic imine (C=N–C) groups is 1. The molecule has 1 saturated heterocycles. The Morgan fingerprint density at radius 2 is 2.03 bits per heavy atom. The van der Waals surface area contributed by atoms with E-state index in [-0.39, 0.29) is 5.91 Å². The molecule has 0 saturated carbocycles. The average Bonchev–Trinajstić information content (AvgIpc) is 3.29. The van der Waals surface area contributed by atoms with Crippen LogP contribution in [0.2, 0.25) is 0 Å². The van der Waals surface area contributed by atoms with Crippen molar-refractivity contribution < 1.29 is 14.3 Å². The highest BCUT2D eigenvalue weighted by molar-refractivity contribution is 6.06. The Balaban J connectivity index is 1.41. The average molecular weight is 432 g/mol. The summed E-state index contributed by atoms with van der Waals surface area (Å²) in [5.41, 5.74) is 4.92. The summed E-state index contributed by atoms with van der Waals surface area (Å²) in [6.45, 7) is 3.14. The number of anilines is 1. The van der Waals surface area contributed by atoms with Gasteiger partial charge in [-0.15, -0.1) is 0 Å². The zero-order valence-corrected chi connectivity index (χ0v) is 17.8. The first-order valence-corrected chi connectivity index (χ1v) is 10.6. The van der Waals surface area contributed by atoms with Crippen molar-refractivity contribution in [1.29, 1.82) is 0 Å². The third-order valence-corrected chi connectivity index (χ3v) is 5.69. The van der Waals surface area contributed by atoms with Gasteiger partial charge in [-0.05, 0) is 30.2 Å². The second-order valence-electron chi connectivity index (χ2n) is 7.70. The van der Waals surface area contributed by atoms with Gasteiger partial charge in [-0.25, -0.2) is 4.99 Å². The molecule has 4 heterocycles. The standard InChI is InChI=1S/C23H24N6O3/c1-31-21-5-3-17(13-25-21)26-23(30)22-19-11-15(2-4-20(19)27-28-22)16-10-18(14-24-12-16)29-6-8-32-9-7-29/h2,4,10-14H,3,5-9H2,1H3,(H,26,30)(H,27,28). The van der Waals surface area contributed by atoms with E-state index in [1.165, 1.54) is 0 Å². The van der Waals surface area contributed by atoms with E-state index in [4.69, 9.17) is 9.47 Å². The van der Waals surface area contributed by atoms with E-state index < -0.39 is 0 Å². The minimum atomic E-state index is -0.268. The number of aromatic nitrogens is 3. The van der Waals surface area contributed by atoms with Gasteiger partial charge in [-0.3, -0.25) is 14.9 Å². The number of aromatic amines is 1. The van der Waals surface area contributed by atoms with Crippen molar-refractivity contribution in [2.75, 3.05) is 38.3 Å². The summed E-state index contributed by atoms with van der Waals surface area (Å²) in [5.74, 6) is 0.390. The van der Waals surface area contributed by atoms with Crippen molar-refractivity contribution in [3.63, 3.8) is 0 Å². The lowest BCUT2D eigenvalue weighted by atomic mass is 10.0. The van der Waals surface area contributed by atoms with E-state index in [1.54, 1.807) is 13.3 Å². The number of allylic oxidation sites excluding steroid dienone is 1. The van der Waals surface area contributed by atoms with E-state index in [2.05, 4.69) is 36.5 Å². The van der Waals surface area contributed by atoms with E-state index in [9.17, 15) is 4.79 Å². The predicted molar refractivity (Wildman–Crippen MR) is 122 cm³/mol. The number of fused-ring (bicyclic) bond motifs is 1. The molecule has 0 radical (unpaired) electrons. The van der Waals surface area contributed by atoms with Crippen molar-refractivity contribution in [2.24, 2.45) is 4.99 Å². The van der Waals surface area contributed by atoms with Crippen LogP contribution in [0, 0.1) is 0 Å². The Hall–Kier alpha value is -3.72. The second-order valence-corrected chi connectivity index (χ2v) is 7.70. The van der Waals surface area contributed by atoms with Crippen LogP contribution in [0.15, 0.2) is 53.5 Å². The van der Waals surface area contributed by atoms with Gasteiger partial charge in [0.25, 0.3) is 5.91 Å². The fraction of sp³-hybridized carbons (Fsp3) is 0.304. The molecule has 0 unspecified atom stereocenters. The minimum absolute atomic E-state index is 0.268. The third kappa shape index (κ3) is 4.06. The van der Waals surface area contributed by atoms with Gasteiger partial charge < -0.3 is 19.7 Å². The number of carbonyl (C=O) groups excluding carboxylic acids is 1. The first-order chi connectivity index (χ1) is 15.7. The van der Waals surface area contributed by atoms with Crippen LogP contribution in [-0.4, -0.2) is 60.4 Å². The maximum Gasteiger partial charge on any atom is 0.276 e. The molecule has 1 fully saturated rings. The van der Waals surface area contributed by atoms with Crippen LogP contribution in [0.1, 0.15) is 23.3 Å². The molecule has 1 amide bonds. The van der Waals surface area contributed by atoms with Crippen LogP contribution in [0.5, 0.6) is 0 Å². The number of benzene rings is 1. The lowest BCUT2D eigenvalue weighted by Crippen LogP contribution is -2.36. The number of rotatable bonds is 4. The van der Waals surface area contributed by atoms with Gasteiger partial charge in [-0.1, -0.05) is 6.07 Å². The number of hydrogen-bond acceptors (Lipinski definition) is 7. The van der Waals surface area contributed by atoms with Crippen LogP contribution in [0.4, 0.5) is 5.69 Å². The predicted octanol–water partition coefficient (Wildman–Crippen LogP) is 2.87. The van der Waals surface area contributed by atoms with Crippen LogP contribution in [0.25, 0.3) is 22.0 Å². The summed E-state index contributed by atoms with van der Waals surface area (Å²) in [7, 11) is 1.59. The number of amides is 1. The number of nitrogens with zero attached hydrogens (tertiary/aromatic N) is 4. The minimum Gasteiger partial charge on any atom is -0.484 e. The van der Waals surface area contributed by atoms with Crippen molar-refractivity contribution in [1.82, 2.24) is 20.5 Å². The van der Waals surface area contributed by atoms with Gasteiger partial charge >= 0.3 is 0 Å². The fourth-order valence-electron chi connectivity index (χ4n) is 3.92. The quantitative estimate of drug-likeness (QED) is 0.657. The number of hydrogen-bond donors (Lipinski definition) is 2. The number of H-pyrrole nitrogens is 1. The molecule has 9 nitrogen and oxygen atoms in total. The Kier molecular flexibility index (Phi) is 5.55. The number of carbonyl (C=O) groups is 1. The van der Waals surface area contributed by atoms with E-state index in [0.717, 1.165) is 59.7 Å². The molecule has 0 atom stereocenters. The summed E-state index contributed by atoms with van der Waals surface area (Å²) >= 11 is 0. The summed E-state index contributed by atoms with van der Waals surface area (Å²) in [6, 6.07) is 8.04. The monoisotopic (exact) mass is 432 g/mol. The molecule has 9 heteroatoms. The first-order valence-electron chi connectivity index (χ1n) is 10.6. The van der Waals surface area contributed by atoms with E-state index in [1.807, 2.05) is 30.6 Å². The Bertz CT molecular complexity index is 1210. The van der Waals surface area contributed by atoms with Crippen molar-refractivity contribution in [3.05, 3.63) is 54.3 Å². The van der Waals surface area contributed by atoms with Crippen molar-refractivity contribution >= 4 is 28.4 Å². The Morgan fingerprint density at radius 3 is 2.81 bits per heavy atom. The highest BCUT2D eigenvalue weighted by atomic mass is 16.5. The van der Waals surface area contributed by atoms with Crippen molar-refractivity contribution in [3.8, 4) is 11.1 Å².